The molecule has 3 rings (SSSR count). The molecule has 2 unspecified atom stereocenters. The molecule has 0 heterocycles. The Morgan fingerprint density at radius 3 is 2.18 bits per heavy atom. The van der Waals surface area contributed by atoms with E-state index in [2.05, 4.69) is 0 Å². The van der Waals surface area contributed by atoms with E-state index in [1.807, 2.05) is 41.6 Å². The number of benzene rings is 3. The molecule has 0 fully saturated rings. The highest BCUT2D eigenvalue weighted by Gasteiger charge is 2.23. The maximum absolute atomic E-state index is 13.4. The molecule has 2 atom stereocenters. The zero-order chi connectivity index (χ0) is 20.1. The van der Waals surface area contributed by atoms with Crippen molar-refractivity contribution in [2.75, 3.05) is 0 Å². The van der Waals surface area contributed by atoms with Crippen molar-refractivity contribution < 1.29 is 14.1 Å². The molecule has 0 aliphatic rings. The van der Waals surface area contributed by atoms with Crippen molar-refractivity contribution in [3.05, 3.63) is 101 Å². The third-order valence-electron chi connectivity index (χ3n) is 4.48. The van der Waals surface area contributed by atoms with E-state index in [1.54, 1.807) is 48.5 Å². The van der Waals surface area contributed by atoms with Gasteiger partial charge < -0.3 is 5.11 Å². The lowest BCUT2D eigenvalue weighted by Crippen LogP contribution is -2.29. The Kier molecular flexibility index (Phi) is 6.62. The first-order valence-corrected chi connectivity index (χ1v) is 10.3. The van der Waals surface area contributed by atoms with Crippen LogP contribution in [-0.4, -0.2) is 19.6 Å². The molecule has 0 saturated carbocycles. The molecular weight excluding hydrogens is 394 g/mol. The van der Waals surface area contributed by atoms with Crippen LogP contribution in [0.5, 0.6) is 0 Å². The summed E-state index contributed by atoms with van der Waals surface area (Å²) < 4.78 is 15.2. The van der Waals surface area contributed by atoms with Gasteiger partial charge in [-0.2, -0.15) is 0 Å². The van der Waals surface area contributed by atoms with E-state index in [9.17, 15) is 9.00 Å². The van der Waals surface area contributed by atoms with Gasteiger partial charge in [-0.05, 0) is 54.4 Å². The van der Waals surface area contributed by atoms with Crippen LogP contribution in [0.15, 0.2) is 83.8 Å². The zero-order valence-electron chi connectivity index (χ0n) is 15.3. The van der Waals surface area contributed by atoms with E-state index in [4.69, 9.17) is 16.7 Å². The van der Waals surface area contributed by atoms with Gasteiger partial charge in [0.1, 0.15) is 11.0 Å². The summed E-state index contributed by atoms with van der Waals surface area (Å²) in [6.45, 7) is 2.42. The molecule has 0 aliphatic carbocycles. The van der Waals surface area contributed by atoms with E-state index in [0.717, 1.165) is 11.1 Å². The first-order chi connectivity index (χ1) is 13.5. The second-order valence-electron chi connectivity index (χ2n) is 6.37. The number of carbonyl (C=O) groups is 1. The molecule has 3 aromatic carbocycles. The average molecular weight is 414 g/mol. The number of carboxylic acid groups (broad SMARTS) is 1. The number of rotatable bonds is 7. The monoisotopic (exact) mass is 413 g/mol. The van der Waals surface area contributed by atoms with Gasteiger partial charge >= 0.3 is 5.97 Å². The predicted molar refractivity (Wildman–Crippen MR) is 112 cm³/mol. The number of halogens is 1. The molecule has 3 aromatic rings. The average Bonchev–Trinajstić information content (AvgIpc) is 2.72. The van der Waals surface area contributed by atoms with Crippen LogP contribution >= 0.6 is 11.6 Å². The fourth-order valence-electron chi connectivity index (χ4n) is 2.86. The van der Waals surface area contributed by atoms with Gasteiger partial charge in [-0.1, -0.05) is 54.1 Å². The molecule has 0 aromatic heterocycles. The predicted octanol–water partition coefficient (Wildman–Crippen LogP) is 5.32. The van der Waals surface area contributed by atoms with E-state index in [-0.39, 0.29) is 11.6 Å². The molecule has 0 spiro atoms. The van der Waals surface area contributed by atoms with Gasteiger partial charge in [-0.15, -0.1) is 0 Å². The Morgan fingerprint density at radius 2 is 1.61 bits per heavy atom. The van der Waals surface area contributed by atoms with E-state index >= 15 is 0 Å². The highest BCUT2D eigenvalue weighted by atomic mass is 35.5. The zero-order valence-corrected chi connectivity index (χ0v) is 16.9. The van der Waals surface area contributed by atoms with Gasteiger partial charge in [0.25, 0.3) is 0 Å². The molecule has 144 valence electrons. The topological polar surface area (TPSA) is 57.6 Å². The van der Waals surface area contributed by atoms with Gasteiger partial charge in [-0.3, -0.25) is 0 Å². The minimum atomic E-state index is -1.42. The second kappa shape index (κ2) is 9.15. The number of nitrogens with zero attached hydrogens (tertiary/aromatic N) is 1. The van der Waals surface area contributed by atoms with E-state index < -0.39 is 17.0 Å². The minimum Gasteiger partial charge on any atom is -0.478 e. The van der Waals surface area contributed by atoms with Crippen molar-refractivity contribution in [3.63, 3.8) is 0 Å². The van der Waals surface area contributed by atoms with E-state index in [1.165, 1.54) is 0 Å². The molecule has 0 aliphatic heterocycles. The van der Waals surface area contributed by atoms with Gasteiger partial charge in [0.15, 0.2) is 0 Å². The van der Waals surface area contributed by atoms with Crippen molar-refractivity contribution in [3.8, 4) is 0 Å². The normalized spacial score (nSPS) is 13.2. The number of aromatic carboxylic acids is 1. The van der Waals surface area contributed by atoms with Crippen LogP contribution in [0.2, 0.25) is 5.02 Å². The summed E-state index contributed by atoms with van der Waals surface area (Å²) >= 11 is 5.96. The van der Waals surface area contributed by atoms with Crippen LogP contribution in [0.1, 0.15) is 34.5 Å². The Balaban J connectivity index is 1.92. The Labute approximate surface area is 172 Å². The van der Waals surface area contributed by atoms with Crippen LogP contribution in [0.4, 0.5) is 0 Å². The SMILES string of the molecule is CC(c1ccccc1)N(Cc1ccc(C(=O)O)cc1)S(=O)c1ccc(Cl)cc1. The molecule has 6 heteroatoms. The largest absolute Gasteiger partial charge is 0.478 e. The van der Waals surface area contributed by atoms with E-state index in [0.29, 0.717) is 16.5 Å². The molecule has 0 saturated heterocycles. The first-order valence-electron chi connectivity index (χ1n) is 8.77. The number of carboxylic acids is 1. The van der Waals surface area contributed by atoms with Crippen molar-refractivity contribution in [2.24, 2.45) is 0 Å². The molecule has 28 heavy (non-hydrogen) atoms. The molecule has 0 amide bonds. The summed E-state index contributed by atoms with van der Waals surface area (Å²) in [7, 11) is -1.42. The minimum absolute atomic E-state index is 0.114. The maximum atomic E-state index is 13.4. The second-order valence-corrected chi connectivity index (χ2v) is 8.24. The highest BCUT2D eigenvalue weighted by Crippen LogP contribution is 2.27. The summed E-state index contributed by atoms with van der Waals surface area (Å²) in [4.78, 5) is 11.7. The summed E-state index contributed by atoms with van der Waals surface area (Å²) in [5.74, 6) is -0.967. The fraction of sp³-hybridized carbons (Fsp3) is 0.136. The van der Waals surface area contributed by atoms with Gasteiger partial charge in [0.2, 0.25) is 0 Å². The summed E-state index contributed by atoms with van der Waals surface area (Å²) in [6, 6.07) is 23.4. The third-order valence-corrected chi connectivity index (χ3v) is 6.28. The van der Waals surface area contributed by atoms with Crippen LogP contribution in [0, 0.1) is 0 Å². The molecule has 0 bridgehead atoms. The van der Waals surface area contributed by atoms with Crippen molar-refractivity contribution in [2.45, 2.75) is 24.4 Å². The Morgan fingerprint density at radius 1 is 1.00 bits per heavy atom. The maximum Gasteiger partial charge on any atom is 0.335 e. The van der Waals surface area contributed by atoms with Crippen molar-refractivity contribution in [1.82, 2.24) is 4.31 Å². The van der Waals surface area contributed by atoms with Crippen molar-refractivity contribution >= 4 is 28.6 Å². The van der Waals surface area contributed by atoms with Gasteiger partial charge in [-0.25, -0.2) is 13.3 Å². The Hall–Kier alpha value is -2.47. The van der Waals surface area contributed by atoms with Gasteiger partial charge in [0.05, 0.1) is 10.5 Å². The van der Waals surface area contributed by atoms with Gasteiger partial charge in [0, 0.05) is 17.6 Å². The lowest BCUT2D eigenvalue weighted by molar-refractivity contribution is 0.0697. The lowest BCUT2D eigenvalue weighted by Gasteiger charge is -2.28. The van der Waals surface area contributed by atoms with Crippen LogP contribution in [0.3, 0.4) is 0 Å². The fourth-order valence-corrected chi connectivity index (χ4v) is 4.30. The van der Waals surface area contributed by atoms with Crippen molar-refractivity contribution in [1.29, 1.82) is 0 Å². The van der Waals surface area contributed by atoms with Crippen LogP contribution in [0.25, 0.3) is 0 Å². The number of hydrogen-bond donors (Lipinski definition) is 1. The highest BCUT2D eigenvalue weighted by molar-refractivity contribution is 7.82. The Bertz CT molecular complexity index is 959. The smallest absolute Gasteiger partial charge is 0.335 e. The number of hydrogen-bond acceptors (Lipinski definition) is 2. The summed E-state index contributed by atoms with van der Waals surface area (Å²) in [5, 5.41) is 9.67. The summed E-state index contributed by atoms with van der Waals surface area (Å²) in [5.41, 5.74) is 2.16. The molecule has 4 nitrogen and oxygen atoms in total. The quantitative estimate of drug-likeness (QED) is 0.570. The summed E-state index contributed by atoms with van der Waals surface area (Å²) in [6.07, 6.45) is 0. The standard InChI is InChI=1S/C22H20ClNO3S/c1-16(18-5-3-2-4-6-18)24(28(27)21-13-11-20(23)12-14-21)15-17-7-9-19(10-8-17)22(25)26/h2-14,16H,15H2,1H3,(H,25,26). The molecule has 0 radical (unpaired) electrons. The third kappa shape index (κ3) is 4.87. The molecular formula is C22H20ClNO3S. The van der Waals surface area contributed by atoms with Crippen LogP contribution in [-0.2, 0) is 17.5 Å². The molecule has 1 N–H and O–H groups in total. The van der Waals surface area contributed by atoms with Crippen LogP contribution < -0.4 is 0 Å². The lowest BCUT2D eigenvalue weighted by atomic mass is 10.1. The first kappa shape index (κ1) is 20.3.